The van der Waals surface area contributed by atoms with Crippen LogP contribution in [0.5, 0.6) is 0 Å². The second kappa shape index (κ2) is 60.0. The van der Waals surface area contributed by atoms with E-state index in [-0.39, 0.29) is 25.7 Å². The third-order valence-corrected chi connectivity index (χ3v) is 18.1. The lowest BCUT2D eigenvalue weighted by molar-refractivity contribution is -0.161. The first kappa shape index (κ1) is 86.1. The SMILES string of the molecule is CCCCCCCCCCCCC(=O)OC[C@H](COP(=O)(O)OC[C@H](O)COP(=O)(O)OC[C@@H](COC(=O)CCCCCCCCCC(C)C)OC(=O)CCCCCCCCCCCCCCCCCC(C)C)OC(=O)CCCCCCCCC(C)CC. The number of hydrogen-bond donors (Lipinski definition) is 3. The van der Waals surface area contributed by atoms with Crippen molar-refractivity contribution in [2.45, 2.75) is 362 Å². The van der Waals surface area contributed by atoms with E-state index in [4.69, 9.17) is 37.0 Å². The zero-order valence-corrected chi connectivity index (χ0v) is 59.0. The van der Waals surface area contributed by atoms with Gasteiger partial charge in [-0.15, -0.1) is 0 Å². The van der Waals surface area contributed by atoms with Gasteiger partial charge in [0.2, 0.25) is 0 Å². The summed E-state index contributed by atoms with van der Waals surface area (Å²) in [6.45, 7) is 11.8. The van der Waals surface area contributed by atoms with E-state index >= 15 is 0 Å². The molecule has 0 aliphatic heterocycles. The van der Waals surface area contributed by atoms with Crippen molar-refractivity contribution in [1.82, 2.24) is 0 Å². The summed E-state index contributed by atoms with van der Waals surface area (Å²) < 4.78 is 68.2. The quantitative estimate of drug-likeness (QED) is 0.0222. The number of hydrogen-bond acceptors (Lipinski definition) is 15. The maximum absolute atomic E-state index is 13.0. The second-order valence-electron chi connectivity index (χ2n) is 26.1. The van der Waals surface area contributed by atoms with Crippen LogP contribution < -0.4 is 0 Å². The van der Waals surface area contributed by atoms with Gasteiger partial charge in [0.05, 0.1) is 26.4 Å². The number of ether oxygens (including phenoxy) is 4. The highest BCUT2D eigenvalue weighted by atomic mass is 31.2. The van der Waals surface area contributed by atoms with Crippen molar-refractivity contribution >= 4 is 39.5 Å². The van der Waals surface area contributed by atoms with Crippen LogP contribution in [0.2, 0.25) is 0 Å². The van der Waals surface area contributed by atoms with Gasteiger partial charge in [0.25, 0.3) is 0 Å². The van der Waals surface area contributed by atoms with Gasteiger partial charge >= 0.3 is 39.5 Å². The highest BCUT2D eigenvalue weighted by molar-refractivity contribution is 7.47. The van der Waals surface area contributed by atoms with E-state index in [1.165, 1.54) is 148 Å². The number of phosphoric acid groups is 2. The van der Waals surface area contributed by atoms with Crippen molar-refractivity contribution in [3.63, 3.8) is 0 Å². The Morgan fingerprint density at radius 2 is 0.580 bits per heavy atom. The summed E-state index contributed by atoms with van der Waals surface area (Å²) in [5.74, 6) is 0.0961. The number of rotatable bonds is 67. The molecule has 3 unspecified atom stereocenters. The molecule has 0 rings (SSSR count). The lowest BCUT2D eigenvalue weighted by atomic mass is 10.00. The third-order valence-electron chi connectivity index (χ3n) is 16.2. The van der Waals surface area contributed by atoms with Crippen molar-refractivity contribution in [2.24, 2.45) is 17.8 Å². The molecule has 0 aliphatic rings. The van der Waals surface area contributed by atoms with Crippen LogP contribution in [0, 0.1) is 17.8 Å². The topological polar surface area (TPSA) is 237 Å². The zero-order valence-electron chi connectivity index (χ0n) is 57.2. The first-order chi connectivity index (χ1) is 42.3. The Kier molecular flexibility index (Phi) is 58.7. The smallest absolute Gasteiger partial charge is 0.462 e. The van der Waals surface area contributed by atoms with Crippen LogP contribution >= 0.6 is 15.6 Å². The van der Waals surface area contributed by atoms with Gasteiger partial charge in [-0.3, -0.25) is 37.3 Å². The molecule has 0 aromatic carbocycles. The van der Waals surface area contributed by atoms with Gasteiger partial charge in [0, 0.05) is 25.7 Å². The van der Waals surface area contributed by atoms with Gasteiger partial charge in [0.1, 0.15) is 19.3 Å². The van der Waals surface area contributed by atoms with E-state index in [9.17, 15) is 43.2 Å². The Bertz CT molecular complexity index is 1730. The van der Waals surface area contributed by atoms with E-state index in [1.807, 2.05) is 0 Å². The molecule has 0 aliphatic carbocycles. The van der Waals surface area contributed by atoms with E-state index in [2.05, 4.69) is 48.5 Å². The summed E-state index contributed by atoms with van der Waals surface area (Å²) in [4.78, 5) is 72.4. The molecule has 0 spiro atoms. The lowest BCUT2D eigenvalue weighted by Crippen LogP contribution is -2.30. The minimum absolute atomic E-state index is 0.103. The molecule has 0 bridgehead atoms. The number of aliphatic hydroxyl groups is 1. The van der Waals surface area contributed by atoms with Crippen LogP contribution in [0.25, 0.3) is 0 Å². The van der Waals surface area contributed by atoms with Gasteiger partial charge < -0.3 is 33.8 Å². The summed E-state index contributed by atoms with van der Waals surface area (Å²) in [5, 5.41) is 10.6. The Morgan fingerprint density at radius 1 is 0.330 bits per heavy atom. The molecule has 0 saturated heterocycles. The highest BCUT2D eigenvalue weighted by Gasteiger charge is 2.30. The summed E-state index contributed by atoms with van der Waals surface area (Å²) in [5.41, 5.74) is 0. The molecule has 88 heavy (non-hydrogen) atoms. The van der Waals surface area contributed by atoms with Gasteiger partial charge in [-0.05, 0) is 43.4 Å². The number of phosphoric ester groups is 2. The molecule has 3 N–H and O–H groups in total. The number of esters is 4. The first-order valence-electron chi connectivity index (χ1n) is 35.9. The van der Waals surface area contributed by atoms with E-state index in [0.717, 1.165) is 108 Å². The maximum atomic E-state index is 13.0. The Labute approximate surface area is 537 Å². The van der Waals surface area contributed by atoms with Crippen LogP contribution in [-0.2, 0) is 65.4 Å². The minimum Gasteiger partial charge on any atom is -0.462 e. The molecule has 0 aromatic heterocycles. The molecule has 6 atom stereocenters. The van der Waals surface area contributed by atoms with Crippen LogP contribution in [0.1, 0.15) is 344 Å². The van der Waals surface area contributed by atoms with Crippen LogP contribution in [0.3, 0.4) is 0 Å². The summed E-state index contributed by atoms with van der Waals surface area (Å²) in [6, 6.07) is 0. The Hall–Kier alpha value is -1.94. The number of unbranched alkanes of at least 4 members (excludes halogenated alkanes) is 34. The molecule has 0 saturated carbocycles. The fraction of sp³-hybridized carbons (Fsp3) is 0.942. The van der Waals surface area contributed by atoms with Gasteiger partial charge in [-0.25, -0.2) is 9.13 Å². The minimum atomic E-state index is -4.95. The molecule has 0 aromatic rings. The average molecular weight is 1300 g/mol. The largest absolute Gasteiger partial charge is 0.472 e. The van der Waals surface area contributed by atoms with Crippen molar-refractivity contribution in [2.75, 3.05) is 39.6 Å². The second-order valence-corrected chi connectivity index (χ2v) is 29.0. The van der Waals surface area contributed by atoms with Crippen molar-refractivity contribution in [3.05, 3.63) is 0 Å². The molecule has 0 heterocycles. The fourth-order valence-corrected chi connectivity index (χ4v) is 11.9. The van der Waals surface area contributed by atoms with E-state index in [0.29, 0.717) is 31.6 Å². The summed E-state index contributed by atoms with van der Waals surface area (Å²) in [7, 11) is -9.90. The third kappa shape index (κ3) is 61.6. The zero-order chi connectivity index (χ0) is 65.2. The van der Waals surface area contributed by atoms with Gasteiger partial charge in [-0.2, -0.15) is 0 Å². The lowest BCUT2D eigenvalue weighted by Gasteiger charge is -2.21. The number of carbonyl (C=O) groups is 4. The fourth-order valence-electron chi connectivity index (χ4n) is 10.3. The Morgan fingerprint density at radius 3 is 0.864 bits per heavy atom. The summed E-state index contributed by atoms with van der Waals surface area (Å²) in [6.07, 6.45) is 43.2. The first-order valence-corrected chi connectivity index (χ1v) is 38.9. The number of aliphatic hydroxyl groups excluding tert-OH is 1. The molecule has 522 valence electrons. The summed E-state index contributed by atoms with van der Waals surface area (Å²) >= 11 is 0. The molecule has 0 fully saturated rings. The standard InChI is InChI=1S/C69H134O17P2/c1-8-10-11-12-13-14-23-28-36-43-50-66(71)79-57-65(86-69(74)53-46-39-32-31-35-42-49-62(7)9-2)59-84-88(77,78)82-55-63(70)54-81-87(75,76)83-58-64(56-80-67(72)51-44-37-30-25-27-34-41-48-61(5)6)85-68(73)52-45-38-29-24-21-19-17-15-16-18-20-22-26-33-40-47-60(3)4/h60-65,70H,8-59H2,1-7H3,(H,75,76)(H,77,78)/t62?,63-,64-,65-/m1/s1. The molecule has 19 heteroatoms. The molecule has 0 radical (unpaired) electrons. The maximum Gasteiger partial charge on any atom is 0.472 e. The molecular weight excluding hydrogens is 1160 g/mol. The monoisotopic (exact) mass is 1300 g/mol. The van der Waals surface area contributed by atoms with Crippen molar-refractivity contribution < 1.29 is 80.2 Å². The molecule has 0 amide bonds. The van der Waals surface area contributed by atoms with Crippen molar-refractivity contribution in [3.8, 4) is 0 Å². The predicted molar refractivity (Wildman–Crippen MR) is 354 cm³/mol. The van der Waals surface area contributed by atoms with Crippen LogP contribution in [0.15, 0.2) is 0 Å². The van der Waals surface area contributed by atoms with E-state index < -0.39 is 97.5 Å². The van der Waals surface area contributed by atoms with Crippen LogP contribution in [-0.4, -0.2) is 96.7 Å². The average Bonchev–Trinajstić information content (AvgIpc) is 3.52. The number of carbonyl (C=O) groups excluding carboxylic acids is 4. The predicted octanol–water partition coefficient (Wildman–Crippen LogP) is 19.5. The van der Waals surface area contributed by atoms with Gasteiger partial charge in [-0.1, -0.05) is 292 Å². The normalized spacial score (nSPS) is 14.5. The van der Waals surface area contributed by atoms with Crippen molar-refractivity contribution in [1.29, 1.82) is 0 Å². The Balaban J connectivity index is 5.20. The molecular formula is C69H134O17P2. The van der Waals surface area contributed by atoms with E-state index in [1.54, 1.807) is 0 Å². The highest BCUT2D eigenvalue weighted by Crippen LogP contribution is 2.45. The van der Waals surface area contributed by atoms with Gasteiger partial charge in [0.15, 0.2) is 12.2 Å². The van der Waals surface area contributed by atoms with Crippen LogP contribution in [0.4, 0.5) is 0 Å². The molecule has 17 nitrogen and oxygen atoms in total.